The van der Waals surface area contributed by atoms with Gasteiger partial charge < -0.3 is 9.84 Å². The third-order valence-electron chi connectivity index (χ3n) is 1.72. The summed E-state index contributed by atoms with van der Waals surface area (Å²) in [5, 5.41) is 8.96. The number of hydrogen-bond donors (Lipinski definition) is 1. The van der Waals surface area contributed by atoms with Crippen LogP contribution >= 0.6 is 0 Å². The fourth-order valence-electron chi connectivity index (χ4n) is 1.19. The van der Waals surface area contributed by atoms with Gasteiger partial charge in [0, 0.05) is 13.2 Å². The van der Waals surface area contributed by atoms with E-state index in [0.29, 0.717) is 0 Å². The first-order valence-corrected chi connectivity index (χ1v) is 4.24. The average Bonchev–Trinajstić information content (AvgIpc) is 1.87. The van der Waals surface area contributed by atoms with Gasteiger partial charge >= 0.3 is 0 Å². The van der Waals surface area contributed by atoms with Crippen LogP contribution in [0.4, 0.5) is 0 Å². The van der Waals surface area contributed by atoms with Crippen LogP contribution in [0.3, 0.4) is 0 Å². The molecule has 11 heavy (non-hydrogen) atoms. The summed E-state index contributed by atoms with van der Waals surface area (Å²) in [7, 11) is 0. The van der Waals surface area contributed by atoms with Crippen molar-refractivity contribution in [1.82, 2.24) is 0 Å². The summed E-state index contributed by atoms with van der Waals surface area (Å²) in [5.41, 5.74) is -0.00537. The Morgan fingerprint density at radius 2 is 2.00 bits per heavy atom. The molecule has 2 heteroatoms. The average molecular weight is 160 g/mol. The molecule has 0 radical (unpaired) electrons. The second-order valence-corrected chi connectivity index (χ2v) is 3.79. The lowest BCUT2D eigenvalue weighted by atomic mass is 9.88. The van der Waals surface area contributed by atoms with Gasteiger partial charge in [-0.2, -0.15) is 0 Å². The van der Waals surface area contributed by atoms with Crippen LogP contribution in [-0.4, -0.2) is 24.4 Å². The zero-order chi connectivity index (χ0) is 8.91. The van der Waals surface area contributed by atoms with E-state index < -0.39 is 0 Å². The van der Waals surface area contributed by atoms with Crippen LogP contribution in [0.15, 0.2) is 0 Å². The molecule has 0 aliphatic rings. The van der Waals surface area contributed by atoms with Crippen molar-refractivity contribution in [3.63, 3.8) is 0 Å². The van der Waals surface area contributed by atoms with E-state index in [1.54, 1.807) is 0 Å². The Morgan fingerprint density at radius 3 is 2.36 bits per heavy atom. The summed E-state index contributed by atoms with van der Waals surface area (Å²) in [6.45, 7) is 9.10. The molecule has 0 aromatic heterocycles. The van der Waals surface area contributed by atoms with Crippen LogP contribution in [0.2, 0.25) is 0 Å². The highest BCUT2D eigenvalue weighted by Crippen LogP contribution is 2.22. The minimum Gasteiger partial charge on any atom is -0.396 e. The molecule has 1 atom stereocenters. The third kappa shape index (κ3) is 5.22. The van der Waals surface area contributed by atoms with Crippen LogP contribution in [0.1, 0.15) is 34.1 Å². The van der Waals surface area contributed by atoms with E-state index in [0.717, 1.165) is 13.0 Å². The highest BCUT2D eigenvalue weighted by atomic mass is 16.5. The van der Waals surface area contributed by atoms with Gasteiger partial charge in [0.25, 0.3) is 0 Å². The van der Waals surface area contributed by atoms with Crippen molar-refractivity contribution in [2.75, 3.05) is 13.2 Å². The standard InChI is InChI=1S/C9H20O2/c1-5-11-8(2)6-9(3,4)7-10/h8,10H,5-7H2,1-4H3. The van der Waals surface area contributed by atoms with E-state index in [1.807, 2.05) is 27.7 Å². The van der Waals surface area contributed by atoms with Crippen molar-refractivity contribution >= 4 is 0 Å². The van der Waals surface area contributed by atoms with Gasteiger partial charge in [-0.25, -0.2) is 0 Å². The topological polar surface area (TPSA) is 29.5 Å². The van der Waals surface area contributed by atoms with Gasteiger partial charge in [-0.05, 0) is 25.7 Å². The summed E-state index contributed by atoms with van der Waals surface area (Å²) in [6, 6.07) is 0. The Balaban J connectivity index is 3.64. The molecular weight excluding hydrogens is 140 g/mol. The van der Waals surface area contributed by atoms with Crippen molar-refractivity contribution in [3.05, 3.63) is 0 Å². The first-order valence-electron chi connectivity index (χ1n) is 4.24. The molecule has 1 unspecified atom stereocenters. The Hall–Kier alpha value is -0.0800. The molecule has 0 aromatic carbocycles. The third-order valence-corrected chi connectivity index (χ3v) is 1.72. The zero-order valence-electron chi connectivity index (χ0n) is 8.05. The van der Waals surface area contributed by atoms with E-state index in [9.17, 15) is 0 Å². The molecule has 2 nitrogen and oxygen atoms in total. The van der Waals surface area contributed by atoms with Gasteiger partial charge in [-0.3, -0.25) is 0 Å². The van der Waals surface area contributed by atoms with Crippen molar-refractivity contribution < 1.29 is 9.84 Å². The zero-order valence-corrected chi connectivity index (χ0v) is 8.05. The van der Waals surface area contributed by atoms with E-state index >= 15 is 0 Å². The molecule has 0 rings (SSSR count). The lowest BCUT2D eigenvalue weighted by Crippen LogP contribution is -2.24. The van der Waals surface area contributed by atoms with Crippen LogP contribution in [0, 0.1) is 5.41 Å². The molecule has 0 amide bonds. The largest absolute Gasteiger partial charge is 0.396 e. The maximum absolute atomic E-state index is 8.96. The number of rotatable bonds is 5. The highest BCUT2D eigenvalue weighted by molar-refractivity contribution is 4.70. The molecule has 0 saturated carbocycles. The maximum Gasteiger partial charge on any atom is 0.0552 e. The number of aliphatic hydroxyl groups excluding tert-OH is 1. The van der Waals surface area contributed by atoms with Crippen LogP contribution in [-0.2, 0) is 4.74 Å². The first kappa shape index (κ1) is 10.9. The number of ether oxygens (including phenoxy) is 1. The van der Waals surface area contributed by atoms with Crippen molar-refractivity contribution in [2.45, 2.75) is 40.2 Å². The monoisotopic (exact) mass is 160 g/mol. The van der Waals surface area contributed by atoms with E-state index in [2.05, 4.69) is 0 Å². The van der Waals surface area contributed by atoms with Crippen LogP contribution in [0.25, 0.3) is 0 Å². The van der Waals surface area contributed by atoms with Gasteiger partial charge in [-0.1, -0.05) is 13.8 Å². The molecule has 0 saturated heterocycles. The summed E-state index contributed by atoms with van der Waals surface area (Å²) >= 11 is 0. The minimum absolute atomic E-state index is 0.00537. The molecule has 0 aromatic rings. The fourth-order valence-corrected chi connectivity index (χ4v) is 1.19. The van der Waals surface area contributed by atoms with Crippen molar-refractivity contribution in [2.24, 2.45) is 5.41 Å². The Kier molecular flexibility index (Phi) is 4.69. The molecular formula is C9H20O2. The van der Waals surface area contributed by atoms with Crippen LogP contribution in [0.5, 0.6) is 0 Å². The Labute approximate surface area is 69.6 Å². The lowest BCUT2D eigenvalue weighted by molar-refractivity contribution is 0.0257. The van der Waals surface area contributed by atoms with E-state index in [1.165, 1.54) is 0 Å². The summed E-state index contributed by atoms with van der Waals surface area (Å²) in [5.74, 6) is 0. The SMILES string of the molecule is CCOC(C)CC(C)(C)CO. The molecule has 1 N–H and O–H groups in total. The van der Waals surface area contributed by atoms with Crippen LogP contribution < -0.4 is 0 Å². The molecule has 0 aliphatic carbocycles. The maximum atomic E-state index is 8.96. The molecule has 0 heterocycles. The van der Waals surface area contributed by atoms with Gasteiger partial charge in [0.2, 0.25) is 0 Å². The van der Waals surface area contributed by atoms with Gasteiger partial charge in [0.1, 0.15) is 0 Å². The predicted molar refractivity (Wildman–Crippen MR) is 46.6 cm³/mol. The number of hydrogen-bond acceptors (Lipinski definition) is 2. The summed E-state index contributed by atoms with van der Waals surface area (Å²) in [4.78, 5) is 0. The van der Waals surface area contributed by atoms with Gasteiger partial charge in [0.05, 0.1) is 6.10 Å². The number of aliphatic hydroxyl groups is 1. The molecule has 68 valence electrons. The Morgan fingerprint density at radius 1 is 1.45 bits per heavy atom. The quantitative estimate of drug-likeness (QED) is 0.664. The Bertz CT molecular complexity index is 99.7. The van der Waals surface area contributed by atoms with Crippen molar-refractivity contribution in [3.8, 4) is 0 Å². The molecule has 0 fully saturated rings. The smallest absolute Gasteiger partial charge is 0.0552 e. The second kappa shape index (κ2) is 4.73. The molecule has 0 spiro atoms. The fraction of sp³-hybridized carbons (Fsp3) is 1.00. The van der Waals surface area contributed by atoms with Gasteiger partial charge in [0.15, 0.2) is 0 Å². The second-order valence-electron chi connectivity index (χ2n) is 3.79. The lowest BCUT2D eigenvalue weighted by Gasteiger charge is -2.25. The van der Waals surface area contributed by atoms with E-state index in [4.69, 9.17) is 9.84 Å². The normalized spacial score (nSPS) is 15.0. The summed E-state index contributed by atoms with van der Waals surface area (Å²) in [6.07, 6.45) is 1.17. The molecule has 0 bridgehead atoms. The van der Waals surface area contributed by atoms with Crippen molar-refractivity contribution in [1.29, 1.82) is 0 Å². The minimum atomic E-state index is -0.00537. The predicted octanol–water partition coefficient (Wildman–Crippen LogP) is 1.82. The summed E-state index contributed by atoms with van der Waals surface area (Å²) < 4.78 is 5.37. The first-order chi connectivity index (χ1) is 5.02. The van der Waals surface area contributed by atoms with Gasteiger partial charge in [-0.15, -0.1) is 0 Å². The molecule has 0 aliphatic heterocycles. The van der Waals surface area contributed by atoms with E-state index in [-0.39, 0.29) is 18.1 Å². The highest BCUT2D eigenvalue weighted by Gasteiger charge is 2.19.